The molecule has 3 nitrogen and oxygen atoms in total. The van der Waals surface area contributed by atoms with Crippen LogP contribution in [0, 0.1) is 0 Å². The summed E-state index contributed by atoms with van der Waals surface area (Å²) in [6.45, 7) is 4.18. The van der Waals surface area contributed by atoms with Gasteiger partial charge in [0.2, 0.25) is 5.28 Å². The van der Waals surface area contributed by atoms with Crippen LogP contribution in [0.2, 0.25) is 10.4 Å². The van der Waals surface area contributed by atoms with Crippen molar-refractivity contribution in [2.45, 2.75) is 12.8 Å². The molecule has 0 amide bonds. The lowest BCUT2D eigenvalue weighted by Gasteiger charge is -2.05. The third-order valence-electron chi connectivity index (χ3n) is 1.49. The number of unbranched alkanes of at least 4 members (excludes halogenated alkanes) is 1. The van der Waals surface area contributed by atoms with Crippen LogP contribution in [0.1, 0.15) is 12.8 Å². The fourth-order valence-electron chi connectivity index (χ4n) is 0.837. The molecule has 0 saturated heterocycles. The first kappa shape index (κ1) is 11.3. The van der Waals surface area contributed by atoms with Gasteiger partial charge in [-0.3, -0.25) is 0 Å². The molecule has 0 fully saturated rings. The van der Waals surface area contributed by atoms with Crippen molar-refractivity contribution in [2.75, 3.05) is 6.61 Å². The average Bonchev–Trinajstić information content (AvgIpc) is 2.15. The van der Waals surface area contributed by atoms with Gasteiger partial charge in [-0.15, -0.1) is 6.58 Å². The van der Waals surface area contributed by atoms with Gasteiger partial charge in [0.05, 0.1) is 12.8 Å². The fourth-order valence-corrected chi connectivity index (χ4v) is 1.20. The van der Waals surface area contributed by atoms with E-state index in [9.17, 15) is 0 Å². The minimum atomic E-state index is 0.119. The lowest BCUT2D eigenvalue weighted by atomic mass is 10.3. The van der Waals surface area contributed by atoms with Crippen LogP contribution in [-0.4, -0.2) is 16.6 Å². The minimum Gasteiger partial charge on any atom is -0.489 e. The Morgan fingerprint density at radius 2 is 2.29 bits per heavy atom. The number of aromatic nitrogens is 2. The van der Waals surface area contributed by atoms with E-state index in [0.717, 1.165) is 12.8 Å². The number of ether oxygens (including phenoxy) is 1. The molecular weight excluding hydrogens is 223 g/mol. The standard InChI is InChI=1S/C9H10Cl2N2O/c1-2-3-4-5-14-7-6-12-9(11)13-8(7)10/h2,6H,1,3-5H2. The Morgan fingerprint density at radius 3 is 2.93 bits per heavy atom. The maximum Gasteiger partial charge on any atom is 0.224 e. The molecule has 0 saturated carbocycles. The van der Waals surface area contributed by atoms with Gasteiger partial charge < -0.3 is 4.74 Å². The van der Waals surface area contributed by atoms with E-state index in [1.165, 1.54) is 6.20 Å². The van der Waals surface area contributed by atoms with Gasteiger partial charge in [0, 0.05) is 0 Å². The van der Waals surface area contributed by atoms with Crippen LogP contribution >= 0.6 is 23.2 Å². The number of halogens is 2. The summed E-state index contributed by atoms with van der Waals surface area (Å²) >= 11 is 11.3. The summed E-state index contributed by atoms with van der Waals surface area (Å²) in [4.78, 5) is 7.51. The highest BCUT2D eigenvalue weighted by Gasteiger charge is 2.03. The second-order valence-electron chi connectivity index (χ2n) is 2.57. The molecule has 76 valence electrons. The molecule has 0 aliphatic heterocycles. The topological polar surface area (TPSA) is 35.0 Å². The van der Waals surface area contributed by atoms with Gasteiger partial charge in [0.25, 0.3) is 0 Å². The van der Waals surface area contributed by atoms with Gasteiger partial charge in [-0.25, -0.2) is 9.97 Å². The van der Waals surface area contributed by atoms with E-state index in [0.29, 0.717) is 12.4 Å². The molecule has 0 bridgehead atoms. The monoisotopic (exact) mass is 232 g/mol. The van der Waals surface area contributed by atoms with Crippen molar-refractivity contribution in [2.24, 2.45) is 0 Å². The molecule has 0 N–H and O–H groups in total. The van der Waals surface area contributed by atoms with Crippen LogP contribution in [0.5, 0.6) is 5.75 Å². The van der Waals surface area contributed by atoms with E-state index >= 15 is 0 Å². The van der Waals surface area contributed by atoms with Crippen molar-refractivity contribution in [3.63, 3.8) is 0 Å². The van der Waals surface area contributed by atoms with Crippen LogP contribution < -0.4 is 4.74 Å². The van der Waals surface area contributed by atoms with Crippen LogP contribution in [0.15, 0.2) is 18.9 Å². The Bertz CT molecular complexity index is 318. The van der Waals surface area contributed by atoms with Crippen molar-refractivity contribution < 1.29 is 4.74 Å². The van der Waals surface area contributed by atoms with Gasteiger partial charge >= 0.3 is 0 Å². The summed E-state index contributed by atoms with van der Waals surface area (Å²) < 4.78 is 5.33. The Morgan fingerprint density at radius 1 is 1.50 bits per heavy atom. The molecule has 0 spiro atoms. The first-order valence-electron chi connectivity index (χ1n) is 4.15. The molecule has 0 aromatic carbocycles. The Labute approximate surface area is 92.7 Å². The van der Waals surface area contributed by atoms with Crippen LogP contribution in [0.25, 0.3) is 0 Å². The summed E-state index contributed by atoms with van der Waals surface area (Å²) in [5.74, 6) is 0.458. The fraction of sp³-hybridized carbons (Fsp3) is 0.333. The van der Waals surface area contributed by atoms with Crippen molar-refractivity contribution in [3.05, 3.63) is 29.3 Å². The third kappa shape index (κ3) is 3.52. The minimum absolute atomic E-state index is 0.119. The molecule has 0 unspecified atom stereocenters. The van der Waals surface area contributed by atoms with E-state index in [-0.39, 0.29) is 10.4 Å². The highest BCUT2D eigenvalue weighted by molar-refractivity contribution is 6.32. The van der Waals surface area contributed by atoms with E-state index in [1.54, 1.807) is 0 Å². The van der Waals surface area contributed by atoms with Crippen molar-refractivity contribution >= 4 is 23.2 Å². The second-order valence-corrected chi connectivity index (χ2v) is 3.27. The lowest BCUT2D eigenvalue weighted by molar-refractivity contribution is 0.310. The summed E-state index contributed by atoms with van der Waals surface area (Å²) in [6, 6.07) is 0. The first-order chi connectivity index (χ1) is 6.74. The van der Waals surface area contributed by atoms with E-state index in [1.807, 2.05) is 6.08 Å². The molecule has 5 heteroatoms. The van der Waals surface area contributed by atoms with Gasteiger partial charge in [0.15, 0.2) is 10.9 Å². The van der Waals surface area contributed by atoms with E-state index in [2.05, 4.69) is 16.5 Å². The van der Waals surface area contributed by atoms with Crippen LogP contribution in [-0.2, 0) is 0 Å². The Hall–Kier alpha value is -0.800. The number of hydrogen-bond acceptors (Lipinski definition) is 3. The van der Waals surface area contributed by atoms with E-state index in [4.69, 9.17) is 27.9 Å². The Balaban J connectivity index is 2.46. The number of hydrogen-bond donors (Lipinski definition) is 0. The molecule has 0 atom stereocenters. The zero-order chi connectivity index (χ0) is 10.4. The normalized spacial score (nSPS) is 9.86. The van der Waals surface area contributed by atoms with Gasteiger partial charge in [-0.1, -0.05) is 17.7 Å². The molecule has 14 heavy (non-hydrogen) atoms. The predicted octanol–water partition coefficient (Wildman–Crippen LogP) is 3.13. The average molecular weight is 233 g/mol. The first-order valence-corrected chi connectivity index (χ1v) is 4.91. The van der Waals surface area contributed by atoms with Gasteiger partial charge in [-0.05, 0) is 24.4 Å². The molecule has 1 aromatic rings. The molecule has 0 aliphatic carbocycles. The molecule has 1 aromatic heterocycles. The maximum absolute atomic E-state index is 5.76. The van der Waals surface area contributed by atoms with Gasteiger partial charge in [0.1, 0.15) is 0 Å². The molecule has 1 heterocycles. The predicted molar refractivity (Wildman–Crippen MR) is 57.0 cm³/mol. The Kier molecular flexibility index (Phi) is 4.70. The maximum atomic E-state index is 5.76. The third-order valence-corrected chi connectivity index (χ3v) is 1.95. The molecular formula is C9H10Cl2N2O. The smallest absolute Gasteiger partial charge is 0.224 e. The van der Waals surface area contributed by atoms with Crippen molar-refractivity contribution in [1.29, 1.82) is 0 Å². The lowest BCUT2D eigenvalue weighted by Crippen LogP contribution is -1.98. The quantitative estimate of drug-likeness (QED) is 0.339. The highest BCUT2D eigenvalue weighted by Crippen LogP contribution is 2.21. The molecule has 0 aliphatic rings. The highest BCUT2D eigenvalue weighted by atomic mass is 35.5. The van der Waals surface area contributed by atoms with Crippen molar-refractivity contribution in [3.8, 4) is 5.75 Å². The SMILES string of the molecule is C=CCCCOc1cnc(Cl)nc1Cl. The summed E-state index contributed by atoms with van der Waals surface area (Å²) in [7, 11) is 0. The molecule has 1 rings (SSSR count). The molecule has 0 radical (unpaired) electrons. The van der Waals surface area contributed by atoms with Crippen LogP contribution in [0.3, 0.4) is 0 Å². The van der Waals surface area contributed by atoms with Gasteiger partial charge in [-0.2, -0.15) is 0 Å². The summed E-state index contributed by atoms with van der Waals surface area (Å²) in [6.07, 6.45) is 5.10. The number of nitrogens with zero attached hydrogens (tertiary/aromatic N) is 2. The summed E-state index contributed by atoms with van der Waals surface area (Å²) in [5, 5.41) is 0.358. The largest absolute Gasteiger partial charge is 0.489 e. The van der Waals surface area contributed by atoms with E-state index < -0.39 is 0 Å². The summed E-state index contributed by atoms with van der Waals surface area (Å²) in [5.41, 5.74) is 0. The van der Waals surface area contributed by atoms with Crippen molar-refractivity contribution in [1.82, 2.24) is 9.97 Å². The number of rotatable bonds is 5. The van der Waals surface area contributed by atoms with Crippen LogP contribution in [0.4, 0.5) is 0 Å². The zero-order valence-corrected chi connectivity index (χ0v) is 9.05. The number of allylic oxidation sites excluding steroid dienone is 1. The zero-order valence-electron chi connectivity index (χ0n) is 7.54. The second kappa shape index (κ2) is 5.83.